The molecule has 0 saturated heterocycles. The number of benzene rings is 1. The highest BCUT2D eigenvalue weighted by Gasteiger charge is 2.36. The molecule has 3 N–H and O–H groups in total. The lowest BCUT2D eigenvalue weighted by Gasteiger charge is -2.19. The van der Waals surface area contributed by atoms with Crippen LogP contribution in [0.5, 0.6) is 0 Å². The van der Waals surface area contributed by atoms with Crippen LogP contribution in [0.4, 0.5) is 0 Å². The summed E-state index contributed by atoms with van der Waals surface area (Å²) in [6, 6.07) is 4.97. The molecule has 0 fully saturated rings. The van der Waals surface area contributed by atoms with Crippen LogP contribution in [0.15, 0.2) is 18.2 Å². The van der Waals surface area contributed by atoms with Gasteiger partial charge in [-0.25, -0.2) is 0 Å². The Morgan fingerprint density at radius 2 is 1.92 bits per heavy atom. The summed E-state index contributed by atoms with van der Waals surface area (Å²) in [6.45, 7) is 3.99. The molecular weight excluding hydrogens is 330 g/mol. The molecule has 2 rings (SSSR count). The zero-order chi connectivity index (χ0) is 17.0. The summed E-state index contributed by atoms with van der Waals surface area (Å²) in [5.41, 5.74) is 7.27. The van der Waals surface area contributed by atoms with Crippen molar-refractivity contribution >= 4 is 30.1 Å². The Kier molecular flexibility index (Phi) is 7.38. The Balaban J connectivity index is 0.00000288. The van der Waals surface area contributed by atoms with Gasteiger partial charge in [0.15, 0.2) is 0 Å². The molecule has 1 aromatic rings. The number of fused-ring (bicyclic) bond motifs is 1. The van der Waals surface area contributed by atoms with Crippen LogP contribution in [0.25, 0.3) is 0 Å². The molecular formula is C17H24ClN3O3. The maximum Gasteiger partial charge on any atom is 0.262 e. The third-order valence-corrected chi connectivity index (χ3v) is 3.98. The highest BCUT2D eigenvalue weighted by molar-refractivity contribution is 6.22. The molecule has 1 unspecified atom stereocenters. The standard InChI is InChI=1S/C17H23N3O3.ClH/c1-3-4-5-12(9-18)19-15(21)10-20-16(22)13-7-6-11(2)8-14(13)17(20)23;/h6-8,12H,3-5,9-10,18H2,1-2H3,(H,19,21);1H. The number of rotatable bonds is 7. The monoisotopic (exact) mass is 353 g/mol. The van der Waals surface area contributed by atoms with Crippen molar-refractivity contribution in [3.05, 3.63) is 34.9 Å². The molecule has 1 atom stereocenters. The first-order chi connectivity index (χ1) is 11.0. The lowest BCUT2D eigenvalue weighted by Crippen LogP contribution is -2.46. The van der Waals surface area contributed by atoms with E-state index in [9.17, 15) is 14.4 Å². The molecule has 0 aromatic heterocycles. The second-order valence-electron chi connectivity index (χ2n) is 5.89. The van der Waals surface area contributed by atoms with Gasteiger partial charge in [0.05, 0.1) is 11.1 Å². The molecule has 132 valence electrons. The van der Waals surface area contributed by atoms with Crippen LogP contribution >= 0.6 is 12.4 Å². The average molecular weight is 354 g/mol. The second-order valence-corrected chi connectivity index (χ2v) is 5.89. The van der Waals surface area contributed by atoms with Gasteiger partial charge in [-0.3, -0.25) is 19.3 Å². The quantitative estimate of drug-likeness (QED) is 0.729. The maximum absolute atomic E-state index is 12.3. The summed E-state index contributed by atoms with van der Waals surface area (Å²) >= 11 is 0. The smallest absolute Gasteiger partial charge is 0.262 e. The van der Waals surface area contributed by atoms with Gasteiger partial charge >= 0.3 is 0 Å². The van der Waals surface area contributed by atoms with Crippen molar-refractivity contribution in [3.8, 4) is 0 Å². The molecule has 1 aliphatic rings. The number of halogens is 1. The predicted octanol–water partition coefficient (Wildman–Crippen LogP) is 1.65. The molecule has 3 amide bonds. The SMILES string of the molecule is CCCCC(CN)NC(=O)CN1C(=O)c2ccc(C)cc2C1=O.Cl. The molecule has 0 spiro atoms. The first-order valence-electron chi connectivity index (χ1n) is 7.94. The fourth-order valence-electron chi connectivity index (χ4n) is 2.66. The van der Waals surface area contributed by atoms with Crippen molar-refractivity contribution in [1.29, 1.82) is 0 Å². The first-order valence-corrected chi connectivity index (χ1v) is 7.94. The Morgan fingerprint density at radius 3 is 2.54 bits per heavy atom. The van der Waals surface area contributed by atoms with Crippen LogP contribution in [0.2, 0.25) is 0 Å². The summed E-state index contributed by atoms with van der Waals surface area (Å²) in [5, 5.41) is 2.80. The number of nitrogens with zero attached hydrogens (tertiary/aromatic N) is 1. The number of carbonyl (C=O) groups is 3. The fraction of sp³-hybridized carbons (Fsp3) is 0.471. The summed E-state index contributed by atoms with van der Waals surface area (Å²) < 4.78 is 0. The van der Waals surface area contributed by atoms with E-state index in [-0.39, 0.29) is 30.9 Å². The van der Waals surface area contributed by atoms with E-state index in [1.807, 2.05) is 6.92 Å². The number of nitrogens with one attached hydrogen (secondary N) is 1. The molecule has 1 aliphatic heterocycles. The van der Waals surface area contributed by atoms with E-state index < -0.39 is 11.8 Å². The minimum atomic E-state index is -0.419. The van der Waals surface area contributed by atoms with Crippen LogP contribution in [0.3, 0.4) is 0 Å². The zero-order valence-electron chi connectivity index (χ0n) is 14.0. The van der Waals surface area contributed by atoms with Crippen LogP contribution in [0.1, 0.15) is 52.5 Å². The van der Waals surface area contributed by atoms with Gasteiger partial charge < -0.3 is 11.1 Å². The van der Waals surface area contributed by atoms with Gasteiger partial charge in [-0.2, -0.15) is 0 Å². The Hall–Kier alpha value is -1.92. The topological polar surface area (TPSA) is 92.5 Å². The second kappa shape index (κ2) is 8.80. The zero-order valence-corrected chi connectivity index (χ0v) is 14.8. The van der Waals surface area contributed by atoms with Gasteiger partial charge in [0.1, 0.15) is 6.54 Å². The van der Waals surface area contributed by atoms with Crippen molar-refractivity contribution in [1.82, 2.24) is 10.2 Å². The molecule has 1 heterocycles. The van der Waals surface area contributed by atoms with Crippen molar-refractivity contribution in [3.63, 3.8) is 0 Å². The van der Waals surface area contributed by atoms with E-state index in [0.29, 0.717) is 17.7 Å². The lowest BCUT2D eigenvalue weighted by atomic mass is 10.1. The van der Waals surface area contributed by atoms with E-state index in [2.05, 4.69) is 12.2 Å². The predicted molar refractivity (Wildman–Crippen MR) is 94.3 cm³/mol. The highest BCUT2D eigenvalue weighted by Crippen LogP contribution is 2.23. The number of carbonyl (C=O) groups excluding carboxylic acids is 3. The van der Waals surface area contributed by atoms with Gasteiger partial charge in [-0.1, -0.05) is 31.4 Å². The Labute approximate surface area is 148 Å². The van der Waals surface area contributed by atoms with Crippen molar-refractivity contribution in [2.45, 2.75) is 39.2 Å². The van der Waals surface area contributed by atoms with E-state index >= 15 is 0 Å². The van der Waals surface area contributed by atoms with Gasteiger partial charge in [0.25, 0.3) is 11.8 Å². The normalized spacial score (nSPS) is 14.2. The Morgan fingerprint density at radius 1 is 1.25 bits per heavy atom. The van der Waals surface area contributed by atoms with Crippen molar-refractivity contribution in [2.24, 2.45) is 5.73 Å². The summed E-state index contributed by atoms with van der Waals surface area (Å²) in [4.78, 5) is 37.7. The van der Waals surface area contributed by atoms with E-state index in [1.165, 1.54) is 0 Å². The van der Waals surface area contributed by atoms with Crippen molar-refractivity contribution < 1.29 is 14.4 Å². The summed E-state index contributed by atoms with van der Waals surface area (Å²) in [7, 11) is 0. The number of aryl methyl sites for hydroxylation is 1. The van der Waals surface area contributed by atoms with E-state index in [4.69, 9.17) is 5.73 Å². The number of nitrogens with two attached hydrogens (primary N) is 1. The average Bonchev–Trinajstić information content (AvgIpc) is 2.76. The third kappa shape index (κ3) is 4.33. The molecule has 0 radical (unpaired) electrons. The summed E-state index contributed by atoms with van der Waals surface area (Å²) in [6.07, 6.45) is 2.78. The van der Waals surface area contributed by atoms with Gasteiger partial charge in [0, 0.05) is 12.6 Å². The Bertz CT molecular complexity index is 634. The van der Waals surface area contributed by atoms with Crippen LogP contribution in [0, 0.1) is 6.92 Å². The third-order valence-electron chi connectivity index (χ3n) is 3.98. The minimum absolute atomic E-state index is 0. The number of amides is 3. The van der Waals surface area contributed by atoms with Gasteiger partial charge in [0.2, 0.25) is 5.91 Å². The molecule has 0 bridgehead atoms. The number of imide groups is 1. The van der Waals surface area contributed by atoms with E-state index in [0.717, 1.165) is 29.7 Å². The molecule has 0 saturated carbocycles. The van der Waals surface area contributed by atoms with Crippen LogP contribution in [-0.4, -0.2) is 41.8 Å². The largest absolute Gasteiger partial charge is 0.351 e. The molecule has 0 aliphatic carbocycles. The molecule has 24 heavy (non-hydrogen) atoms. The molecule has 7 heteroatoms. The van der Waals surface area contributed by atoms with Crippen LogP contribution < -0.4 is 11.1 Å². The van der Waals surface area contributed by atoms with Crippen LogP contribution in [-0.2, 0) is 4.79 Å². The lowest BCUT2D eigenvalue weighted by molar-refractivity contribution is -0.122. The van der Waals surface area contributed by atoms with Gasteiger partial charge in [-0.15, -0.1) is 12.4 Å². The number of hydrogen-bond donors (Lipinski definition) is 2. The molecule has 1 aromatic carbocycles. The summed E-state index contributed by atoms with van der Waals surface area (Å²) in [5.74, 6) is -1.19. The first kappa shape index (κ1) is 20.1. The van der Waals surface area contributed by atoms with Gasteiger partial charge in [-0.05, 0) is 25.5 Å². The van der Waals surface area contributed by atoms with E-state index in [1.54, 1.807) is 18.2 Å². The number of unbranched alkanes of at least 4 members (excludes halogenated alkanes) is 1. The highest BCUT2D eigenvalue weighted by atomic mass is 35.5. The maximum atomic E-state index is 12.3. The number of hydrogen-bond acceptors (Lipinski definition) is 4. The minimum Gasteiger partial charge on any atom is -0.351 e. The molecule has 6 nitrogen and oxygen atoms in total. The van der Waals surface area contributed by atoms with Crippen molar-refractivity contribution in [2.75, 3.05) is 13.1 Å². The fourth-order valence-corrected chi connectivity index (χ4v) is 2.66.